The van der Waals surface area contributed by atoms with Crippen LogP contribution in [-0.4, -0.2) is 13.1 Å². The average molecular weight is 306 g/mol. The lowest BCUT2D eigenvalue weighted by molar-refractivity contribution is -0.613. The third-order valence-electron chi connectivity index (χ3n) is 7.88. The van der Waals surface area contributed by atoms with Gasteiger partial charge in [-0.05, 0) is 53.2 Å². The first-order chi connectivity index (χ1) is 10.4. The molecule has 6 aliphatic carbocycles. The van der Waals surface area contributed by atoms with Crippen LogP contribution in [0.25, 0.3) is 0 Å². The van der Waals surface area contributed by atoms with E-state index in [-0.39, 0.29) is 16.8 Å². The highest BCUT2D eigenvalue weighted by atomic mass is 19.4. The molecular weight excluding hydrogens is 293 g/mol. The zero-order valence-corrected chi connectivity index (χ0v) is 11.7. The van der Waals surface area contributed by atoms with E-state index in [1.54, 1.807) is 12.1 Å². The molecule has 1 aromatic carbocycles. The summed E-state index contributed by atoms with van der Waals surface area (Å²) in [7, 11) is 1.45. The Labute approximate surface area is 124 Å². The quantitative estimate of drug-likeness (QED) is 0.785. The number of carbonyl (C=O) groups excluding carboxylic acids is 1. The zero-order chi connectivity index (χ0) is 15.2. The predicted octanol–water partition coefficient (Wildman–Crippen LogP) is 2.87. The predicted molar refractivity (Wildman–Crippen MR) is 68.5 cm³/mol. The molecule has 7 rings (SSSR count). The standard InChI is InChI=1S/C17H13F3O2/c1-22-14(21)16-11-8-12(16)10-13(16)9(11)15(8,10)6-2-4-7(5-3-6)17(18,19)20/h2-5,8-13H,1H3. The van der Waals surface area contributed by atoms with E-state index in [9.17, 15) is 18.0 Å². The van der Waals surface area contributed by atoms with Crippen molar-refractivity contribution in [3.05, 3.63) is 35.4 Å². The Hall–Kier alpha value is -1.52. The number of rotatable bonds is 2. The van der Waals surface area contributed by atoms with E-state index in [4.69, 9.17) is 4.74 Å². The van der Waals surface area contributed by atoms with Crippen molar-refractivity contribution in [1.82, 2.24) is 0 Å². The Balaban J connectivity index is 1.34. The minimum atomic E-state index is -4.28. The number of methoxy groups -OCH3 is 1. The summed E-state index contributed by atoms with van der Waals surface area (Å²) in [6.07, 6.45) is -4.28. The van der Waals surface area contributed by atoms with Crippen molar-refractivity contribution in [2.75, 3.05) is 7.11 Å². The molecular formula is C17H13F3O2. The molecule has 1 aromatic rings. The number of benzene rings is 1. The summed E-state index contributed by atoms with van der Waals surface area (Å²) in [6, 6.07) is 5.73. The van der Waals surface area contributed by atoms with Crippen molar-refractivity contribution >= 4 is 5.97 Å². The highest BCUT2D eigenvalue weighted by Crippen LogP contribution is 3.09. The fourth-order valence-electron chi connectivity index (χ4n) is 7.64. The van der Waals surface area contributed by atoms with Gasteiger partial charge in [-0.1, -0.05) is 12.1 Å². The van der Waals surface area contributed by atoms with Crippen LogP contribution in [0.5, 0.6) is 0 Å². The zero-order valence-electron chi connectivity index (χ0n) is 11.7. The third-order valence-corrected chi connectivity index (χ3v) is 7.88. The fourth-order valence-corrected chi connectivity index (χ4v) is 7.64. The summed E-state index contributed by atoms with van der Waals surface area (Å²) in [5.74, 6) is 2.85. The molecule has 22 heavy (non-hydrogen) atoms. The van der Waals surface area contributed by atoms with Gasteiger partial charge in [0.1, 0.15) is 0 Å². The molecule has 0 N–H and O–H groups in total. The Bertz CT molecular complexity index is 695. The van der Waals surface area contributed by atoms with Gasteiger partial charge in [0.05, 0.1) is 18.1 Å². The number of ether oxygens (including phenoxy) is 1. The van der Waals surface area contributed by atoms with Crippen LogP contribution in [-0.2, 0) is 21.1 Å². The van der Waals surface area contributed by atoms with Crippen molar-refractivity contribution in [3.8, 4) is 0 Å². The van der Waals surface area contributed by atoms with Crippen LogP contribution in [0.4, 0.5) is 13.2 Å². The van der Waals surface area contributed by atoms with Crippen LogP contribution in [0.15, 0.2) is 24.3 Å². The van der Waals surface area contributed by atoms with Gasteiger partial charge in [-0.25, -0.2) is 0 Å². The molecule has 0 amide bonds. The van der Waals surface area contributed by atoms with Gasteiger partial charge in [-0.3, -0.25) is 4.79 Å². The lowest BCUT2D eigenvalue weighted by Gasteiger charge is -3.10. The largest absolute Gasteiger partial charge is 0.469 e. The normalized spacial score (nSPS) is 54.0. The molecule has 0 aliphatic heterocycles. The first kappa shape index (κ1) is 12.0. The van der Waals surface area contributed by atoms with E-state index in [0.717, 1.165) is 5.56 Å². The van der Waals surface area contributed by atoms with Crippen LogP contribution in [0.2, 0.25) is 0 Å². The van der Waals surface area contributed by atoms with Crippen LogP contribution >= 0.6 is 0 Å². The highest BCUT2D eigenvalue weighted by molar-refractivity contribution is 5.89. The van der Waals surface area contributed by atoms with E-state index in [1.165, 1.54) is 19.2 Å². The monoisotopic (exact) mass is 306 g/mol. The smallest absolute Gasteiger partial charge is 0.416 e. The molecule has 6 aliphatic rings. The van der Waals surface area contributed by atoms with Crippen molar-refractivity contribution < 1.29 is 22.7 Å². The second-order valence-electron chi connectivity index (χ2n) is 7.59. The summed E-state index contributed by atoms with van der Waals surface area (Å²) in [5, 5.41) is 0. The van der Waals surface area contributed by atoms with Crippen LogP contribution in [0, 0.1) is 40.9 Å². The minimum absolute atomic E-state index is 0.0445. The van der Waals surface area contributed by atoms with Gasteiger partial charge >= 0.3 is 12.1 Å². The van der Waals surface area contributed by atoms with E-state index in [2.05, 4.69) is 0 Å². The molecule has 0 atom stereocenters. The second-order valence-corrected chi connectivity index (χ2v) is 7.59. The van der Waals surface area contributed by atoms with E-state index in [1.807, 2.05) is 0 Å². The molecule has 0 radical (unpaired) electrons. The molecule has 0 aromatic heterocycles. The Morgan fingerprint density at radius 2 is 1.50 bits per heavy atom. The summed E-state index contributed by atoms with van der Waals surface area (Å²) >= 11 is 0. The van der Waals surface area contributed by atoms with Gasteiger partial charge in [-0.15, -0.1) is 0 Å². The molecule has 0 unspecified atom stereocenters. The molecule has 0 saturated heterocycles. The van der Waals surface area contributed by atoms with Gasteiger partial charge in [-0.2, -0.15) is 13.2 Å². The number of alkyl halides is 3. The first-order valence-corrected chi connectivity index (χ1v) is 7.69. The summed E-state index contributed by atoms with van der Waals surface area (Å²) in [6.45, 7) is 0. The fraction of sp³-hybridized carbons (Fsp3) is 0.588. The van der Waals surface area contributed by atoms with Crippen LogP contribution in [0.3, 0.4) is 0 Å². The Morgan fingerprint density at radius 1 is 1.00 bits per heavy atom. The van der Waals surface area contributed by atoms with Crippen molar-refractivity contribution in [3.63, 3.8) is 0 Å². The van der Waals surface area contributed by atoms with Gasteiger partial charge < -0.3 is 4.74 Å². The van der Waals surface area contributed by atoms with Crippen molar-refractivity contribution in [2.45, 2.75) is 11.6 Å². The molecule has 6 saturated carbocycles. The second kappa shape index (κ2) is 2.83. The molecule has 0 spiro atoms. The topological polar surface area (TPSA) is 26.3 Å². The van der Waals surface area contributed by atoms with Crippen LogP contribution in [0.1, 0.15) is 11.1 Å². The third kappa shape index (κ3) is 0.721. The summed E-state index contributed by atoms with van der Waals surface area (Å²) in [5.41, 5.74) is 0.407. The van der Waals surface area contributed by atoms with E-state index >= 15 is 0 Å². The highest BCUT2D eigenvalue weighted by Gasteiger charge is 3.11. The van der Waals surface area contributed by atoms with Crippen molar-refractivity contribution in [1.29, 1.82) is 0 Å². The van der Waals surface area contributed by atoms with E-state index < -0.39 is 11.7 Å². The van der Waals surface area contributed by atoms with Gasteiger partial charge in [0.2, 0.25) is 0 Å². The Morgan fingerprint density at radius 3 is 1.91 bits per heavy atom. The number of esters is 1. The lowest BCUT2D eigenvalue weighted by Crippen LogP contribution is -3.12. The van der Waals surface area contributed by atoms with Gasteiger partial charge in [0, 0.05) is 5.41 Å². The average Bonchev–Trinajstić information content (AvgIpc) is 2.53. The molecule has 5 heteroatoms. The maximum atomic E-state index is 12.7. The number of carbonyl (C=O) groups is 1. The molecule has 6 fully saturated rings. The summed E-state index contributed by atoms with van der Waals surface area (Å²) in [4.78, 5) is 12.0. The first-order valence-electron chi connectivity index (χ1n) is 7.69. The maximum absolute atomic E-state index is 12.7. The summed E-state index contributed by atoms with van der Waals surface area (Å²) < 4.78 is 43.1. The SMILES string of the molecule is COC(=O)C12C3C4C1C1C2C3C41c1ccc(C(F)(F)F)cc1. The van der Waals surface area contributed by atoms with Crippen molar-refractivity contribution in [2.24, 2.45) is 40.9 Å². The van der Waals surface area contributed by atoms with E-state index in [0.29, 0.717) is 35.5 Å². The molecule has 0 bridgehead atoms. The lowest BCUT2D eigenvalue weighted by atomic mass is 8.92. The number of hydrogen-bond donors (Lipinski definition) is 0. The molecule has 0 heterocycles. The number of halogens is 3. The van der Waals surface area contributed by atoms with Gasteiger partial charge in [0.25, 0.3) is 0 Å². The van der Waals surface area contributed by atoms with Crippen LogP contribution < -0.4 is 0 Å². The number of hydrogen-bond acceptors (Lipinski definition) is 2. The Kier molecular flexibility index (Phi) is 1.54. The van der Waals surface area contributed by atoms with Gasteiger partial charge in [0.15, 0.2) is 0 Å². The maximum Gasteiger partial charge on any atom is 0.416 e. The molecule has 2 nitrogen and oxygen atoms in total. The molecule has 114 valence electrons. The minimum Gasteiger partial charge on any atom is -0.469 e.